The second kappa shape index (κ2) is 8.06. The second-order valence-corrected chi connectivity index (χ2v) is 6.38. The molecule has 0 radical (unpaired) electrons. The van der Waals surface area contributed by atoms with Crippen molar-refractivity contribution in [1.82, 2.24) is 0 Å². The van der Waals surface area contributed by atoms with Gasteiger partial charge in [-0.15, -0.1) is 0 Å². The van der Waals surface area contributed by atoms with Gasteiger partial charge in [0.25, 0.3) is 0 Å². The Labute approximate surface area is 157 Å². The normalized spacial score (nSPS) is 16.4. The van der Waals surface area contributed by atoms with Crippen molar-refractivity contribution in [1.29, 1.82) is 0 Å². The SMILES string of the molecule is C=CCOc1ccc(NC(=O)[C@H]2CC(=O)N(c3ccccc3Cl)C2)cc1. The molecule has 0 saturated carbocycles. The zero-order valence-corrected chi connectivity index (χ0v) is 14.9. The largest absolute Gasteiger partial charge is 0.490 e. The Hall–Kier alpha value is -2.79. The van der Waals surface area contributed by atoms with Gasteiger partial charge in [0.2, 0.25) is 11.8 Å². The highest BCUT2D eigenvalue weighted by Crippen LogP contribution is 2.31. The van der Waals surface area contributed by atoms with Gasteiger partial charge in [0, 0.05) is 18.7 Å². The van der Waals surface area contributed by atoms with Gasteiger partial charge in [-0.1, -0.05) is 36.4 Å². The Balaban J connectivity index is 1.63. The van der Waals surface area contributed by atoms with Crippen molar-refractivity contribution in [3.05, 3.63) is 66.2 Å². The summed E-state index contributed by atoms with van der Waals surface area (Å²) in [5, 5.41) is 3.35. The van der Waals surface area contributed by atoms with E-state index in [4.69, 9.17) is 16.3 Å². The zero-order chi connectivity index (χ0) is 18.5. The fourth-order valence-corrected chi connectivity index (χ4v) is 3.06. The molecule has 6 heteroatoms. The molecule has 2 aromatic carbocycles. The first-order valence-electron chi connectivity index (χ1n) is 8.28. The molecule has 1 N–H and O–H groups in total. The Morgan fingerprint density at radius 3 is 2.69 bits per heavy atom. The second-order valence-electron chi connectivity index (χ2n) is 5.97. The standard InChI is InChI=1S/C20H19ClN2O3/c1-2-11-26-16-9-7-15(8-10-16)22-20(25)14-12-19(24)23(13-14)18-6-4-3-5-17(18)21/h2-10,14H,1,11-13H2,(H,22,25)/t14-/m0/s1. The molecule has 0 unspecified atom stereocenters. The molecule has 2 aromatic rings. The van der Waals surface area contributed by atoms with Crippen LogP contribution >= 0.6 is 11.6 Å². The number of nitrogens with one attached hydrogen (secondary N) is 1. The summed E-state index contributed by atoms with van der Waals surface area (Å²) in [6, 6.07) is 14.2. The number of hydrogen-bond donors (Lipinski definition) is 1. The average Bonchev–Trinajstić information content (AvgIpc) is 3.03. The molecule has 1 atom stereocenters. The van der Waals surface area contributed by atoms with Crippen molar-refractivity contribution in [2.45, 2.75) is 6.42 Å². The highest BCUT2D eigenvalue weighted by molar-refractivity contribution is 6.33. The van der Waals surface area contributed by atoms with Gasteiger partial charge in [-0.2, -0.15) is 0 Å². The Bertz CT molecular complexity index is 820. The minimum atomic E-state index is -0.421. The Kier molecular flexibility index (Phi) is 5.58. The van der Waals surface area contributed by atoms with Crippen LogP contribution < -0.4 is 15.0 Å². The summed E-state index contributed by atoms with van der Waals surface area (Å²) >= 11 is 6.17. The van der Waals surface area contributed by atoms with Gasteiger partial charge in [0.15, 0.2) is 0 Å². The van der Waals surface area contributed by atoms with Crippen molar-refractivity contribution >= 4 is 34.8 Å². The van der Waals surface area contributed by atoms with E-state index in [1.165, 1.54) is 0 Å². The number of benzene rings is 2. The Morgan fingerprint density at radius 2 is 2.00 bits per heavy atom. The van der Waals surface area contributed by atoms with Crippen LogP contribution in [0.1, 0.15) is 6.42 Å². The predicted octanol–water partition coefficient (Wildman–Crippen LogP) is 3.90. The van der Waals surface area contributed by atoms with Crippen molar-refractivity contribution in [3.63, 3.8) is 0 Å². The molecule has 3 rings (SSSR count). The van der Waals surface area contributed by atoms with E-state index in [9.17, 15) is 9.59 Å². The maximum Gasteiger partial charge on any atom is 0.229 e. The first kappa shape index (κ1) is 18.0. The number of carbonyl (C=O) groups excluding carboxylic acids is 2. The van der Waals surface area contributed by atoms with Gasteiger partial charge >= 0.3 is 0 Å². The van der Waals surface area contributed by atoms with Crippen LogP contribution in [0.3, 0.4) is 0 Å². The summed E-state index contributed by atoms with van der Waals surface area (Å²) in [5.74, 6) is -0.0154. The summed E-state index contributed by atoms with van der Waals surface area (Å²) < 4.78 is 5.41. The minimum Gasteiger partial charge on any atom is -0.490 e. The Morgan fingerprint density at radius 1 is 1.27 bits per heavy atom. The van der Waals surface area contributed by atoms with Gasteiger partial charge in [-0.05, 0) is 36.4 Å². The molecule has 5 nitrogen and oxygen atoms in total. The molecule has 1 saturated heterocycles. The number of hydrogen-bond acceptors (Lipinski definition) is 3. The van der Waals surface area contributed by atoms with E-state index in [1.807, 2.05) is 6.07 Å². The van der Waals surface area contributed by atoms with E-state index in [1.54, 1.807) is 53.4 Å². The van der Waals surface area contributed by atoms with Gasteiger partial charge in [0.1, 0.15) is 12.4 Å². The van der Waals surface area contributed by atoms with E-state index in [2.05, 4.69) is 11.9 Å². The highest BCUT2D eigenvalue weighted by Gasteiger charge is 2.35. The van der Waals surface area contributed by atoms with Crippen LogP contribution in [-0.4, -0.2) is 25.0 Å². The highest BCUT2D eigenvalue weighted by atomic mass is 35.5. The lowest BCUT2D eigenvalue weighted by atomic mass is 10.1. The van der Waals surface area contributed by atoms with Crippen LogP contribution in [0.25, 0.3) is 0 Å². The van der Waals surface area contributed by atoms with Crippen molar-refractivity contribution in [2.75, 3.05) is 23.4 Å². The van der Waals surface area contributed by atoms with Crippen molar-refractivity contribution in [2.24, 2.45) is 5.92 Å². The molecule has 1 fully saturated rings. The fraction of sp³-hybridized carbons (Fsp3) is 0.200. The lowest BCUT2D eigenvalue weighted by Crippen LogP contribution is -2.28. The van der Waals surface area contributed by atoms with Crippen LogP contribution in [0.2, 0.25) is 5.02 Å². The van der Waals surface area contributed by atoms with E-state index < -0.39 is 5.92 Å². The number of carbonyl (C=O) groups is 2. The molecule has 26 heavy (non-hydrogen) atoms. The molecule has 0 aliphatic carbocycles. The number of rotatable bonds is 6. The van der Waals surface area contributed by atoms with Gasteiger partial charge in [-0.3, -0.25) is 9.59 Å². The summed E-state index contributed by atoms with van der Waals surface area (Å²) in [5.41, 5.74) is 1.29. The molecule has 2 amide bonds. The van der Waals surface area contributed by atoms with Crippen LogP contribution in [-0.2, 0) is 9.59 Å². The number of para-hydroxylation sites is 1. The summed E-state index contributed by atoms with van der Waals surface area (Å²) in [6.45, 7) is 4.33. The maximum absolute atomic E-state index is 12.5. The van der Waals surface area contributed by atoms with Gasteiger partial charge in [0.05, 0.1) is 16.6 Å². The lowest BCUT2D eigenvalue weighted by molar-refractivity contribution is -0.122. The van der Waals surface area contributed by atoms with Crippen LogP contribution in [0.15, 0.2) is 61.2 Å². The number of amides is 2. The van der Waals surface area contributed by atoms with Gasteiger partial charge in [-0.25, -0.2) is 0 Å². The van der Waals surface area contributed by atoms with E-state index >= 15 is 0 Å². The topological polar surface area (TPSA) is 58.6 Å². The minimum absolute atomic E-state index is 0.105. The number of nitrogens with zero attached hydrogens (tertiary/aromatic N) is 1. The van der Waals surface area contributed by atoms with Crippen LogP contribution in [0.5, 0.6) is 5.75 Å². The number of anilines is 2. The third-order valence-corrected chi connectivity index (χ3v) is 4.45. The van der Waals surface area contributed by atoms with E-state index in [-0.39, 0.29) is 18.2 Å². The molecule has 0 aromatic heterocycles. The third kappa shape index (κ3) is 4.06. The lowest BCUT2D eigenvalue weighted by Gasteiger charge is -2.18. The van der Waals surface area contributed by atoms with Crippen LogP contribution in [0.4, 0.5) is 11.4 Å². The molecular weight excluding hydrogens is 352 g/mol. The predicted molar refractivity (Wildman–Crippen MR) is 103 cm³/mol. The molecule has 1 heterocycles. The zero-order valence-electron chi connectivity index (χ0n) is 14.2. The maximum atomic E-state index is 12.5. The number of ether oxygens (including phenoxy) is 1. The monoisotopic (exact) mass is 370 g/mol. The molecule has 0 bridgehead atoms. The van der Waals surface area contributed by atoms with E-state index in [0.717, 1.165) is 0 Å². The van der Waals surface area contributed by atoms with Gasteiger partial charge < -0.3 is 15.0 Å². The number of halogens is 1. The molecular formula is C20H19ClN2O3. The fourth-order valence-electron chi connectivity index (χ4n) is 2.82. The van der Waals surface area contributed by atoms with Crippen molar-refractivity contribution in [3.8, 4) is 5.75 Å². The molecule has 0 spiro atoms. The molecule has 1 aliphatic heterocycles. The molecule has 134 valence electrons. The summed E-state index contributed by atoms with van der Waals surface area (Å²) in [6.07, 6.45) is 1.83. The third-order valence-electron chi connectivity index (χ3n) is 4.13. The summed E-state index contributed by atoms with van der Waals surface area (Å²) in [4.78, 5) is 26.4. The average molecular weight is 371 g/mol. The molecule has 1 aliphatic rings. The quantitative estimate of drug-likeness (QED) is 0.784. The van der Waals surface area contributed by atoms with Crippen LogP contribution in [0, 0.1) is 5.92 Å². The van der Waals surface area contributed by atoms with Crippen molar-refractivity contribution < 1.29 is 14.3 Å². The van der Waals surface area contributed by atoms with E-state index in [0.29, 0.717) is 35.3 Å². The first-order valence-corrected chi connectivity index (χ1v) is 8.66. The smallest absolute Gasteiger partial charge is 0.229 e. The first-order chi connectivity index (χ1) is 12.6. The summed E-state index contributed by atoms with van der Waals surface area (Å²) in [7, 11) is 0.